The molecule has 0 saturated carbocycles. The Labute approximate surface area is 204 Å². The second-order valence-electron chi connectivity index (χ2n) is 9.04. The third kappa shape index (κ3) is 4.20. The van der Waals surface area contributed by atoms with E-state index in [9.17, 15) is 9.59 Å². The van der Waals surface area contributed by atoms with Crippen molar-refractivity contribution in [2.75, 3.05) is 19.2 Å². The van der Waals surface area contributed by atoms with Crippen molar-refractivity contribution in [2.45, 2.75) is 26.2 Å². The fraction of sp³-hybridized carbons (Fsp3) is 0.333. The van der Waals surface area contributed by atoms with E-state index in [-0.39, 0.29) is 29.6 Å². The van der Waals surface area contributed by atoms with Gasteiger partial charge in [-0.05, 0) is 48.7 Å². The van der Waals surface area contributed by atoms with Crippen LogP contribution in [0, 0.1) is 17.8 Å². The fourth-order valence-corrected chi connectivity index (χ4v) is 5.01. The number of nitrogens with one attached hydrogen (secondary N) is 1. The second-order valence-corrected chi connectivity index (χ2v) is 9.04. The molecule has 5 rings (SSSR count). The molecule has 2 aromatic rings. The summed E-state index contributed by atoms with van der Waals surface area (Å²) in [4.78, 5) is 25.1. The van der Waals surface area contributed by atoms with Crippen LogP contribution in [0.2, 0.25) is 0 Å². The number of allylic oxidation sites excluding steroid dienone is 2. The van der Waals surface area contributed by atoms with Crippen LogP contribution in [-0.2, 0) is 9.59 Å². The Morgan fingerprint density at radius 1 is 0.886 bits per heavy atom. The first-order valence-corrected chi connectivity index (χ1v) is 11.8. The SMILES string of the molecule is COc1ccc(C2=NN(c3ccc(C4=NNC(=O)CC4C)cc3)C(=O)[C@H]3CC=CC[C@@H]23)cc1OC. The monoisotopic (exact) mass is 472 g/mol. The van der Waals surface area contributed by atoms with Crippen LogP contribution in [0.5, 0.6) is 11.5 Å². The standard InChI is InChI=1S/C27H28N4O4/c1-16-14-24(32)28-29-25(16)17-8-11-19(12-9-17)31-27(33)21-7-5-4-6-20(21)26(30-31)18-10-13-22(34-2)23(15-18)35-3/h4-5,8-13,15-16,20-21H,6-7,14H2,1-3H3,(H,28,32)/t16?,20-,21+/m1/s1. The van der Waals surface area contributed by atoms with E-state index < -0.39 is 0 Å². The van der Waals surface area contributed by atoms with Crippen LogP contribution in [0.3, 0.4) is 0 Å². The van der Waals surface area contributed by atoms with E-state index in [1.807, 2.05) is 49.4 Å². The van der Waals surface area contributed by atoms with Crippen LogP contribution in [-0.4, -0.2) is 37.5 Å². The summed E-state index contributed by atoms with van der Waals surface area (Å²) in [7, 11) is 3.21. The number of ether oxygens (including phenoxy) is 2. The highest BCUT2D eigenvalue weighted by Crippen LogP contribution is 2.38. The van der Waals surface area contributed by atoms with Crippen molar-refractivity contribution in [3.05, 3.63) is 65.7 Å². The van der Waals surface area contributed by atoms with E-state index in [0.717, 1.165) is 29.0 Å². The number of anilines is 1. The van der Waals surface area contributed by atoms with E-state index in [4.69, 9.17) is 14.6 Å². The van der Waals surface area contributed by atoms with Gasteiger partial charge in [0.2, 0.25) is 5.91 Å². The van der Waals surface area contributed by atoms with Crippen LogP contribution in [0.4, 0.5) is 5.69 Å². The van der Waals surface area contributed by atoms with Gasteiger partial charge in [-0.25, -0.2) is 10.4 Å². The number of benzene rings is 2. The van der Waals surface area contributed by atoms with Gasteiger partial charge in [-0.2, -0.15) is 10.2 Å². The largest absolute Gasteiger partial charge is 0.493 e. The minimum absolute atomic E-state index is 0.00202. The maximum atomic E-state index is 13.5. The van der Waals surface area contributed by atoms with E-state index >= 15 is 0 Å². The molecule has 180 valence electrons. The Balaban J connectivity index is 1.52. The smallest absolute Gasteiger partial charge is 0.251 e. The molecule has 3 atom stereocenters. The molecule has 1 unspecified atom stereocenters. The van der Waals surface area contributed by atoms with Gasteiger partial charge in [0.15, 0.2) is 11.5 Å². The molecule has 0 bridgehead atoms. The number of methoxy groups -OCH3 is 2. The molecule has 35 heavy (non-hydrogen) atoms. The molecule has 2 amide bonds. The summed E-state index contributed by atoms with van der Waals surface area (Å²) in [6, 6.07) is 13.4. The Morgan fingerprint density at radius 3 is 2.26 bits per heavy atom. The number of fused-ring (bicyclic) bond motifs is 1. The summed E-state index contributed by atoms with van der Waals surface area (Å²) >= 11 is 0. The Kier molecular flexibility index (Phi) is 6.11. The van der Waals surface area contributed by atoms with Crippen LogP contribution < -0.4 is 19.9 Å². The highest BCUT2D eigenvalue weighted by Gasteiger charge is 2.40. The van der Waals surface area contributed by atoms with Gasteiger partial charge in [0.25, 0.3) is 5.91 Å². The van der Waals surface area contributed by atoms with E-state index in [1.54, 1.807) is 14.2 Å². The highest BCUT2D eigenvalue weighted by atomic mass is 16.5. The lowest BCUT2D eigenvalue weighted by Gasteiger charge is -2.37. The van der Waals surface area contributed by atoms with Crippen molar-refractivity contribution in [2.24, 2.45) is 28.0 Å². The zero-order valence-electron chi connectivity index (χ0n) is 20.0. The minimum Gasteiger partial charge on any atom is -0.493 e. The fourth-order valence-electron chi connectivity index (χ4n) is 5.01. The topological polar surface area (TPSA) is 92.6 Å². The lowest BCUT2D eigenvalue weighted by Crippen LogP contribution is -2.45. The molecule has 0 radical (unpaired) electrons. The molecule has 0 aromatic heterocycles. The Bertz CT molecular complexity index is 1250. The molecule has 2 heterocycles. The van der Waals surface area contributed by atoms with Gasteiger partial charge < -0.3 is 9.47 Å². The van der Waals surface area contributed by atoms with E-state index in [2.05, 4.69) is 22.7 Å². The lowest BCUT2D eigenvalue weighted by atomic mass is 9.76. The number of amides is 2. The van der Waals surface area contributed by atoms with Gasteiger partial charge in [0.05, 0.1) is 37.2 Å². The Hall–Kier alpha value is -3.94. The first kappa shape index (κ1) is 22.8. The quantitative estimate of drug-likeness (QED) is 0.668. The number of rotatable bonds is 5. The molecule has 1 N–H and O–H groups in total. The summed E-state index contributed by atoms with van der Waals surface area (Å²) < 4.78 is 10.9. The predicted molar refractivity (Wildman–Crippen MR) is 134 cm³/mol. The molecule has 8 heteroatoms. The summed E-state index contributed by atoms with van der Waals surface area (Å²) in [6.07, 6.45) is 6.05. The predicted octanol–water partition coefficient (Wildman–Crippen LogP) is 3.90. The molecular weight excluding hydrogens is 444 g/mol. The van der Waals surface area contributed by atoms with Crippen molar-refractivity contribution in [1.82, 2.24) is 5.43 Å². The molecule has 1 aliphatic carbocycles. The lowest BCUT2D eigenvalue weighted by molar-refractivity contribution is -0.124. The minimum atomic E-state index is -0.182. The zero-order chi connectivity index (χ0) is 24.5. The van der Waals surface area contributed by atoms with Gasteiger partial charge in [-0.3, -0.25) is 9.59 Å². The molecular formula is C27H28N4O4. The van der Waals surface area contributed by atoms with Gasteiger partial charge in [-0.1, -0.05) is 31.2 Å². The summed E-state index contributed by atoms with van der Waals surface area (Å²) in [5, 5.41) is 10.6. The number of hydrogen-bond acceptors (Lipinski definition) is 6. The van der Waals surface area contributed by atoms with Crippen molar-refractivity contribution in [1.29, 1.82) is 0 Å². The normalized spacial score (nSPS) is 23.7. The van der Waals surface area contributed by atoms with Crippen molar-refractivity contribution >= 4 is 28.9 Å². The average Bonchev–Trinajstić information content (AvgIpc) is 2.89. The molecule has 3 aliphatic rings. The summed E-state index contributed by atoms with van der Waals surface area (Å²) in [5.41, 5.74) is 6.75. The number of nitrogens with zero attached hydrogens (tertiary/aromatic N) is 3. The maximum absolute atomic E-state index is 13.5. The van der Waals surface area contributed by atoms with Crippen molar-refractivity contribution in [3.8, 4) is 11.5 Å². The number of carbonyl (C=O) groups is 2. The van der Waals surface area contributed by atoms with Gasteiger partial charge in [0.1, 0.15) is 0 Å². The van der Waals surface area contributed by atoms with Gasteiger partial charge >= 0.3 is 0 Å². The van der Waals surface area contributed by atoms with Crippen LogP contribution >= 0.6 is 0 Å². The molecule has 2 aliphatic heterocycles. The van der Waals surface area contributed by atoms with E-state index in [1.165, 1.54) is 5.01 Å². The van der Waals surface area contributed by atoms with Crippen LogP contribution in [0.25, 0.3) is 0 Å². The number of hydrogen-bond donors (Lipinski definition) is 1. The van der Waals surface area contributed by atoms with Gasteiger partial charge in [-0.15, -0.1) is 0 Å². The second kappa shape index (κ2) is 9.37. The third-order valence-electron chi connectivity index (χ3n) is 6.86. The molecule has 0 saturated heterocycles. The van der Waals surface area contributed by atoms with Crippen LogP contribution in [0.1, 0.15) is 37.3 Å². The molecule has 0 fully saturated rings. The first-order valence-electron chi connectivity index (χ1n) is 11.8. The maximum Gasteiger partial charge on any atom is 0.251 e. The number of hydrazone groups is 2. The summed E-state index contributed by atoms with van der Waals surface area (Å²) in [6.45, 7) is 1.98. The zero-order valence-corrected chi connectivity index (χ0v) is 20.0. The molecule has 0 spiro atoms. The van der Waals surface area contributed by atoms with Crippen LogP contribution in [0.15, 0.2) is 64.8 Å². The third-order valence-corrected chi connectivity index (χ3v) is 6.86. The molecule has 2 aromatic carbocycles. The van der Waals surface area contributed by atoms with Crippen molar-refractivity contribution in [3.63, 3.8) is 0 Å². The van der Waals surface area contributed by atoms with Crippen molar-refractivity contribution < 1.29 is 19.1 Å². The highest BCUT2D eigenvalue weighted by molar-refractivity contribution is 6.12. The molecule has 8 nitrogen and oxygen atoms in total. The summed E-state index contributed by atoms with van der Waals surface area (Å²) in [5.74, 6) is 1.03. The van der Waals surface area contributed by atoms with Gasteiger partial charge in [0, 0.05) is 23.8 Å². The first-order chi connectivity index (χ1) is 17.0. The Morgan fingerprint density at radius 2 is 1.57 bits per heavy atom. The van der Waals surface area contributed by atoms with E-state index in [0.29, 0.717) is 30.0 Å². The average molecular weight is 473 g/mol. The number of carbonyl (C=O) groups excluding carboxylic acids is 2.